The summed E-state index contributed by atoms with van der Waals surface area (Å²) in [4.78, 5) is 34.0. The lowest BCUT2D eigenvalue weighted by atomic mass is 10.1. The number of alkyl halides is 13. The number of rotatable bonds is 5. The van der Waals surface area contributed by atoms with Gasteiger partial charge in [0.25, 0.3) is 0 Å². The van der Waals surface area contributed by atoms with Crippen LogP contribution < -0.4 is 0 Å². The summed E-state index contributed by atoms with van der Waals surface area (Å²) >= 11 is 3.05. The number of piperazine rings is 2. The summed E-state index contributed by atoms with van der Waals surface area (Å²) < 4.78 is 150. The maximum atomic E-state index is 12.8. The molecule has 0 aliphatic carbocycles. The Kier molecular flexibility index (Phi) is 22.9. The molecule has 0 unspecified atom stereocenters. The zero-order valence-corrected chi connectivity index (χ0v) is 38.2. The molecular formula is C46H44BrF12N7O2. The molecule has 0 bridgehead atoms. The third kappa shape index (κ3) is 21.0. The molecule has 0 aromatic heterocycles. The van der Waals surface area contributed by atoms with Gasteiger partial charge in [-0.1, -0.05) is 57.9 Å². The van der Waals surface area contributed by atoms with Crippen molar-refractivity contribution in [3.8, 4) is 0 Å². The maximum Gasteiger partial charge on any atom is 0.416 e. The van der Waals surface area contributed by atoms with Gasteiger partial charge in [0.2, 0.25) is 0 Å². The fourth-order valence-electron chi connectivity index (χ4n) is 6.34. The lowest BCUT2D eigenvalue weighted by Gasteiger charge is -2.32. The first-order chi connectivity index (χ1) is 31.6. The van der Waals surface area contributed by atoms with Gasteiger partial charge >= 0.3 is 30.9 Å². The topological polar surface area (TPSA) is 60.2 Å². The van der Waals surface area contributed by atoms with E-state index in [0.29, 0.717) is 35.1 Å². The molecule has 2 aliphatic heterocycles. The van der Waals surface area contributed by atoms with Gasteiger partial charge in [-0.3, -0.25) is 9.80 Å². The minimum absolute atomic E-state index is 0.00859. The molecule has 366 valence electrons. The van der Waals surface area contributed by atoms with E-state index in [-0.39, 0.29) is 23.2 Å². The Hall–Kier alpha value is -5.79. The zero-order valence-electron chi connectivity index (χ0n) is 36.6. The zero-order chi connectivity index (χ0) is 51.5. The highest BCUT2D eigenvalue weighted by Crippen LogP contribution is 2.35. The van der Waals surface area contributed by atoms with Crippen LogP contribution >= 0.6 is 15.9 Å². The van der Waals surface area contributed by atoms with Gasteiger partial charge in [0.15, 0.2) is 17.1 Å². The first-order valence-electron chi connectivity index (χ1n) is 19.9. The van der Waals surface area contributed by atoms with E-state index in [2.05, 4.69) is 57.1 Å². The first kappa shape index (κ1) is 58.3. The summed E-state index contributed by atoms with van der Waals surface area (Å²) in [6, 6.07) is 15.8. The van der Waals surface area contributed by atoms with Gasteiger partial charge in [-0.05, 0) is 80.2 Å². The number of likely N-dealkylation sites (N-methyl/N-ethyl adjacent to an activating group) is 2. The molecule has 0 atom stereocenters. The Morgan fingerprint density at radius 3 is 1.22 bits per heavy atom. The summed E-state index contributed by atoms with van der Waals surface area (Å²) in [5.41, 5.74) is -0.592. The van der Waals surface area contributed by atoms with Crippen LogP contribution in [0.25, 0.3) is 14.5 Å². The van der Waals surface area contributed by atoms with Gasteiger partial charge < -0.3 is 9.80 Å². The SMILES string of the molecule is CN1CCN(Cc2cccc(C(F)(F)F)c2)CC1.O=C=O.[C-]#[N+]c1cc(C)cc(C(F)(F)F)c1.[C-]#[N+]c1cc(CBr)cc(C(F)(F)F)c1.[C-]#[N+]c1cc(CN2CCN(C)CC2)cc(C(F)(F)F)c1. The molecule has 0 spiro atoms. The van der Waals surface area contributed by atoms with Gasteiger partial charge in [0, 0.05) is 87.5 Å². The highest BCUT2D eigenvalue weighted by atomic mass is 79.9. The van der Waals surface area contributed by atoms with Crippen LogP contribution in [0.1, 0.15) is 44.5 Å². The van der Waals surface area contributed by atoms with Gasteiger partial charge in [-0.15, -0.1) is 0 Å². The van der Waals surface area contributed by atoms with E-state index < -0.39 is 47.0 Å². The smallest absolute Gasteiger partial charge is 0.304 e. The van der Waals surface area contributed by atoms with Crippen molar-refractivity contribution in [1.82, 2.24) is 19.6 Å². The van der Waals surface area contributed by atoms with E-state index in [4.69, 9.17) is 29.3 Å². The first-order valence-corrected chi connectivity index (χ1v) is 21.0. The van der Waals surface area contributed by atoms with E-state index in [9.17, 15) is 52.7 Å². The third-order valence-electron chi connectivity index (χ3n) is 9.80. The number of aryl methyl sites for hydroxylation is 1. The Morgan fingerprint density at radius 1 is 0.500 bits per heavy atom. The molecule has 4 aromatic carbocycles. The second-order valence-corrected chi connectivity index (χ2v) is 15.8. The molecule has 2 fully saturated rings. The molecule has 68 heavy (non-hydrogen) atoms. The fraction of sp³-hybridized carbons (Fsp3) is 0.391. The minimum Gasteiger partial charge on any atom is -0.304 e. The normalized spacial score (nSPS) is 14.8. The van der Waals surface area contributed by atoms with Crippen LogP contribution in [0.5, 0.6) is 0 Å². The van der Waals surface area contributed by atoms with E-state index in [1.807, 2.05) is 7.05 Å². The Bertz CT molecular complexity index is 2400. The predicted molar refractivity (Wildman–Crippen MR) is 232 cm³/mol. The van der Waals surface area contributed by atoms with E-state index >= 15 is 0 Å². The molecule has 2 saturated heterocycles. The summed E-state index contributed by atoms with van der Waals surface area (Å²) in [6.45, 7) is 30.0. The maximum absolute atomic E-state index is 12.8. The van der Waals surface area contributed by atoms with Crippen LogP contribution in [-0.2, 0) is 52.7 Å². The summed E-state index contributed by atoms with van der Waals surface area (Å²) in [5.74, 6) is 0. The third-order valence-corrected chi connectivity index (χ3v) is 10.4. The molecule has 4 aromatic rings. The molecule has 0 saturated carbocycles. The highest BCUT2D eigenvalue weighted by Gasteiger charge is 2.33. The van der Waals surface area contributed by atoms with Gasteiger partial charge in [-0.25, -0.2) is 14.5 Å². The molecule has 9 nitrogen and oxygen atoms in total. The number of hydrogen-bond acceptors (Lipinski definition) is 6. The van der Waals surface area contributed by atoms with Gasteiger partial charge in [0.05, 0.1) is 25.3 Å². The van der Waals surface area contributed by atoms with Crippen molar-refractivity contribution < 1.29 is 62.3 Å². The van der Waals surface area contributed by atoms with E-state index in [1.54, 1.807) is 12.1 Å². The summed E-state index contributed by atoms with van der Waals surface area (Å²) in [7, 11) is 4.08. The van der Waals surface area contributed by atoms with Crippen molar-refractivity contribution >= 4 is 39.1 Å². The predicted octanol–water partition coefficient (Wildman–Crippen LogP) is 12.6. The summed E-state index contributed by atoms with van der Waals surface area (Å²) in [6.07, 6.45) is -17.2. The van der Waals surface area contributed by atoms with E-state index in [1.165, 1.54) is 31.2 Å². The quantitative estimate of drug-likeness (QED) is 0.113. The Balaban J connectivity index is 0.000000309. The number of halogens is 13. The average Bonchev–Trinajstić information content (AvgIpc) is 3.27. The Labute approximate surface area is 394 Å². The van der Waals surface area contributed by atoms with Gasteiger partial charge in [-0.2, -0.15) is 62.3 Å². The van der Waals surface area contributed by atoms with Crippen molar-refractivity contribution in [3.63, 3.8) is 0 Å². The molecule has 2 aliphatic rings. The second kappa shape index (κ2) is 26.7. The largest absolute Gasteiger partial charge is 0.416 e. The van der Waals surface area contributed by atoms with Crippen molar-refractivity contribution in [2.45, 2.75) is 50.0 Å². The lowest BCUT2D eigenvalue weighted by Crippen LogP contribution is -2.43. The van der Waals surface area contributed by atoms with Crippen LogP contribution in [0.3, 0.4) is 0 Å². The summed E-state index contributed by atoms with van der Waals surface area (Å²) in [5, 5.41) is 0.305. The fourth-order valence-corrected chi connectivity index (χ4v) is 6.66. The van der Waals surface area contributed by atoms with Crippen molar-refractivity contribution in [2.24, 2.45) is 0 Å². The van der Waals surface area contributed by atoms with Crippen molar-refractivity contribution in [1.29, 1.82) is 0 Å². The van der Waals surface area contributed by atoms with Crippen molar-refractivity contribution in [3.05, 3.63) is 158 Å². The van der Waals surface area contributed by atoms with Gasteiger partial charge in [0.1, 0.15) is 0 Å². The average molecular weight is 1030 g/mol. The molecule has 22 heteroatoms. The monoisotopic (exact) mass is 1030 g/mol. The van der Waals surface area contributed by atoms with Crippen LogP contribution in [0, 0.1) is 26.6 Å². The second-order valence-electron chi connectivity index (χ2n) is 15.2. The minimum atomic E-state index is -4.41. The molecule has 2 heterocycles. The number of hydrogen-bond donors (Lipinski definition) is 0. The van der Waals surface area contributed by atoms with Crippen LogP contribution in [0.4, 0.5) is 69.7 Å². The molecule has 0 radical (unpaired) electrons. The molecule has 0 N–H and O–H groups in total. The van der Waals surface area contributed by atoms with Crippen LogP contribution in [-0.4, -0.2) is 92.2 Å². The van der Waals surface area contributed by atoms with Crippen LogP contribution in [0.2, 0.25) is 0 Å². The van der Waals surface area contributed by atoms with Crippen LogP contribution in [0.15, 0.2) is 78.9 Å². The molecule has 6 rings (SSSR count). The van der Waals surface area contributed by atoms with E-state index in [0.717, 1.165) is 100 Å². The number of nitrogens with zero attached hydrogens (tertiary/aromatic N) is 7. The number of benzene rings is 4. The highest BCUT2D eigenvalue weighted by molar-refractivity contribution is 9.08. The lowest BCUT2D eigenvalue weighted by molar-refractivity contribution is -0.191. The molecule has 0 amide bonds. The molecular weight excluding hydrogens is 990 g/mol. The Morgan fingerprint density at radius 2 is 0.838 bits per heavy atom. The number of carbonyl (C=O) groups excluding carboxylic acids is 2. The van der Waals surface area contributed by atoms with Crippen molar-refractivity contribution in [2.75, 3.05) is 66.5 Å². The standard InChI is InChI=1S/C14H16F3N3.C13H17F3N2.C9H5BrF3N.C9H6F3N.CO2/c1-18-13-8-11(7-12(9-13)14(15,16)17)10-20-5-3-19(2)4-6-20;1-17-5-7-18(8-6-17)10-11-3-2-4-12(9-11)13(14,15)16;1-14-8-3-6(5-10)2-7(4-8)9(11,12)13;1-6-3-7(9(10,11)12)5-8(4-6)13-2;2-1-3/h7-9H,3-6,10H2,2H3;2-4,9H,5-8,10H2,1H3;2-4H,5H2;3-5H,1H3;.